The van der Waals surface area contributed by atoms with E-state index in [4.69, 9.17) is 4.74 Å². The van der Waals surface area contributed by atoms with E-state index in [9.17, 15) is 4.79 Å². The number of fused-ring (bicyclic) bond motifs is 5. The minimum Gasteiger partial charge on any atom is -0.446 e. The van der Waals surface area contributed by atoms with E-state index >= 15 is 0 Å². The van der Waals surface area contributed by atoms with Gasteiger partial charge in [-0.15, -0.1) is 0 Å². The summed E-state index contributed by atoms with van der Waals surface area (Å²) in [6.45, 7) is 0. The third-order valence-electron chi connectivity index (χ3n) is 5.65. The number of carbonyl (C=O) groups is 1. The van der Waals surface area contributed by atoms with Crippen molar-refractivity contribution in [3.8, 4) is 0 Å². The Morgan fingerprint density at radius 1 is 1.05 bits per heavy atom. The Kier molecular flexibility index (Phi) is 2.94. The standard InChI is InChI=1S/C17H21NO2/c19-17(18-12-5-2-1-3-6-12)20-16-10-11-9-15(16)14-8-4-7-13(11)14/h1-3,5-6,11,13-16H,4,7-10H2,(H,18,19)/t11-,13+,14+,15+,16-/m1/s1. The van der Waals surface area contributed by atoms with Crippen LogP contribution >= 0.6 is 0 Å². The van der Waals surface area contributed by atoms with Crippen molar-refractivity contribution in [1.82, 2.24) is 0 Å². The van der Waals surface area contributed by atoms with Gasteiger partial charge < -0.3 is 4.74 Å². The summed E-state index contributed by atoms with van der Waals surface area (Å²) < 4.78 is 5.71. The number of nitrogens with one attached hydrogen (secondary N) is 1. The number of amides is 1. The average molecular weight is 271 g/mol. The molecule has 20 heavy (non-hydrogen) atoms. The molecule has 3 aliphatic carbocycles. The van der Waals surface area contributed by atoms with Gasteiger partial charge in [0.1, 0.15) is 6.10 Å². The molecule has 1 N–H and O–H groups in total. The minimum absolute atomic E-state index is 0.156. The molecule has 0 spiro atoms. The molecule has 3 heteroatoms. The Morgan fingerprint density at radius 3 is 2.70 bits per heavy atom. The quantitative estimate of drug-likeness (QED) is 0.881. The summed E-state index contributed by atoms with van der Waals surface area (Å²) in [4.78, 5) is 12.0. The van der Waals surface area contributed by atoms with Crippen LogP contribution in [0.5, 0.6) is 0 Å². The zero-order valence-corrected chi connectivity index (χ0v) is 11.6. The lowest BCUT2D eigenvalue weighted by Crippen LogP contribution is -2.33. The maximum atomic E-state index is 12.0. The van der Waals surface area contributed by atoms with Gasteiger partial charge in [-0.2, -0.15) is 0 Å². The first-order valence-electron chi connectivity index (χ1n) is 7.84. The number of carbonyl (C=O) groups excluding carboxylic acids is 1. The maximum absolute atomic E-state index is 12.0. The molecule has 106 valence electrons. The molecule has 3 fully saturated rings. The Hall–Kier alpha value is -1.51. The Labute approximate surface area is 119 Å². The fourth-order valence-electron chi connectivity index (χ4n) is 4.95. The van der Waals surface area contributed by atoms with E-state index in [0.29, 0.717) is 5.92 Å². The average Bonchev–Trinajstić information content (AvgIpc) is 3.11. The van der Waals surface area contributed by atoms with E-state index in [1.54, 1.807) is 0 Å². The van der Waals surface area contributed by atoms with Crippen molar-refractivity contribution in [3.63, 3.8) is 0 Å². The second-order valence-electron chi connectivity index (χ2n) is 6.59. The third-order valence-corrected chi connectivity index (χ3v) is 5.65. The van der Waals surface area contributed by atoms with E-state index < -0.39 is 0 Å². The van der Waals surface area contributed by atoms with Gasteiger partial charge in [-0.3, -0.25) is 5.32 Å². The number of para-hydroxylation sites is 1. The lowest BCUT2D eigenvalue weighted by molar-refractivity contribution is 0.0431. The number of rotatable bonds is 2. The van der Waals surface area contributed by atoms with Gasteiger partial charge in [0.05, 0.1) is 0 Å². The van der Waals surface area contributed by atoms with Gasteiger partial charge in [0.15, 0.2) is 0 Å². The Bertz CT molecular complexity index is 501. The first kappa shape index (κ1) is 12.2. The number of hydrogen-bond donors (Lipinski definition) is 1. The molecule has 1 amide bonds. The molecule has 0 aliphatic heterocycles. The first-order chi connectivity index (χ1) is 9.81. The SMILES string of the molecule is O=C(Nc1ccccc1)O[C@@H]1C[C@H]2C[C@H]1[C@H]1CCC[C@@H]21. The molecule has 1 aromatic carbocycles. The normalized spacial score (nSPS) is 37.7. The monoisotopic (exact) mass is 271 g/mol. The number of hydrogen-bond acceptors (Lipinski definition) is 2. The van der Waals surface area contributed by atoms with Crippen molar-refractivity contribution in [2.45, 2.75) is 38.2 Å². The van der Waals surface area contributed by atoms with Crippen LogP contribution in [0.4, 0.5) is 10.5 Å². The van der Waals surface area contributed by atoms with Crippen LogP contribution in [-0.2, 0) is 4.74 Å². The maximum Gasteiger partial charge on any atom is 0.411 e. The topological polar surface area (TPSA) is 38.3 Å². The van der Waals surface area contributed by atoms with E-state index in [1.807, 2.05) is 30.3 Å². The summed E-state index contributed by atoms with van der Waals surface area (Å²) in [7, 11) is 0. The molecule has 5 atom stereocenters. The highest BCUT2D eigenvalue weighted by atomic mass is 16.6. The number of anilines is 1. The molecule has 3 saturated carbocycles. The van der Waals surface area contributed by atoms with E-state index in [2.05, 4.69) is 5.32 Å². The summed E-state index contributed by atoms with van der Waals surface area (Å²) in [5.41, 5.74) is 0.805. The van der Waals surface area contributed by atoms with Gasteiger partial charge in [0.2, 0.25) is 0 Å². The van der Waals surface area contributed by atoms with Crippen LogP contribution < -0.4 is 5.32 Å². The summed E-state index contributed by atoms with van der Waals surface area (Å²) in [5.74, 6) is 3.23. The molecule has 0 heterocycles. The van der Waals surface area contributed by atoms with Gasteiger partial charge in [-0.1, -0.05) is 24.6 Å². The van der Waals surface area contributed by atoms with Crippen LogP contribution in [0.1, 0.15) is 32.1 Å². The summed E-state index contributed by atoms with van der Waals surface area (Å²) in [5, 5.41) is 2.83. The lowest BCUT2D eigenvalue weighted by atomic mass is 9.80. The van der Waals surface area contributed by atoms with Crippen molar-refractivity contribution in [2.75, 3.05) is 5.32 Å². The van der Waals surface area contributed by atoms with Crippen LogP contribution in [0.3, 0.4) is 0 Å². The molecular formula is C17H21NO2. The molecule has 4 rings (SSSR count). The van der Waals surface area contributed by atoms with Crippen LogP contribution in [0.15, 0.2) is 30.3 Å². The zero-order chi connectivity index (χ0) is 13.5. The van der Waals surface area contributed by atoms with Crippen molar-refractivity contribution in [2.24, 2.45) is 23.7 Å². The smallest absolute Gasteiger partial charge is 0.411 e. The second-order valence-corrected chi connectivity index (χ2v) is 6.59. The molecule has 0 radical (unpaired) electrons. The molecule has 1 aromatic rings. The van der Waals surface area contributed by atoms with Gasteiger partial charge in [0.25, 0.3) is 0 Å². The van der Waals surface area contributed by atoms with Gasteiger partial charge >= 0.3 is 6.09 Å². The third kappa shape index (κ3) is 2.00. The van der Waals surface area contributed by atoms with Crippen molar-refractivity contribution >= 4 is 11.8 Å². The molecule has 3 aliphatic rings. The molecule has 2 bridgehead atoms. The number of benzene rings is 1. The predicted molar refractivity (Wildman–Crippen MR) is 77.4 cm³/mol. The zero-order valence-electron chi connectivity index (χ0n) is 11.6. The fraction of sp³-hybridized carbons (Fsp3) is 0.588. The second kappa shape index (κ2) is 4.80. The van der Waals surface area contributed by atoms with Gasteiger partial charge in [-0.05, 0) is 61.5 Å². The highest BCUT2D eigenvalue weighted by Crippen LogP contribution is 2.59. The van der Waals surface area contributed by atoms with Crippen molar-refractivity contribution in [1.29, 1.82) is 0 Å². The number of ether oxygens (including phenoxy) is 1. The Morgan fingerprint density at radius 2 is 1.85 bits per heavy atom. The van der Waals surface area contributed by atoms with Crippen LogP contribution in [-0.4, -0.2) is 12.2 Å². The van der Waals surface area contributed by atoms with Gasteiger partial charge in [0, 0.05) is 5.69 Å². The molecular weight excluding hydrogens is 250 g/mol. The minimum atomic E-state index is -0.289. The fourth-order valence-corrected chi connectivity index (χ4v) is 4.95. The summed E-state index contributed by atoms with van der Waals surface area (Å²) >= 11 is 0. The molecule has 0 aromatic heterocycles. The van der Waals surface area contributed by atoms with Crippen molar-refractivity contribution < 1.29 is 9.53 Å². The summed E-state index contributed by atoms with van der Waals surface area (Å²) in [6, 6.07) is 9.53. The largest absolute Gasteiger partial charge is 0.446 e. The first-order valence-corrected chi connectivity index (χ1v) is 7.84. The molecule has 0 unspecified atom stereocenters. The van der Waals surface area contributed by atoms with Crippen molar-refractivity contribution in [3.05, 3.63) is 30.3 Å². The summed E-state index contributed by atoms with van der Waals surface area (Å²) in [6.07, 6.45) is 6.39. The van der Waals surface area contributed by atoms with E-state index in [0.717, 1.165) is 29.9 Å². The van der Waals surface area contributed by atoms with Gasteiger partial charge in [-0.25, -0.2) is 4.79 Å². The molecule has 0 saturated heterocycles. The van der Waals surface area contributed by atoms with Crippen LogP contribution in [0.25, 0.3) is 0 Å². The Balaban J connectivity index is 1.37. The molecule has 3 nitrogen and oxygen atoms in total. The highest BCUT2D eigenvalue weighted by molar-refractivity contribution is 5.84. The predicted octanol–water partition coefficient (Wildman–Crippen LogP) is 4.06. The van der Waals surface area contributed by atoms with E-state index in [-0.39, 0.29) is 12.2 Å². The van der Waals surface area contributed by atoms with Crippen LogP contribution in [0.2, 0.25) is 0 Å². The van der Waals surface area contributed by atoms with Crippen LogP contribution in [0, 0.1) is 23.7 Å². The highest BCUT2D eigenvalue weighted by Gasteiger charge is 2.55. The lowest BCUT2D eigenvalue weighted by Gasteiger charge is -2.31. The van der Waals surface area contributed by atoms with E-state index in [1.165, 1.54) is 25.7 Å².